The summed E-state index contributed by atoms with van der Waals surface area (Å²) in [6.45, 7) is 4.83. The standard InChI is InChI=1S/C15H24N2.ClH/c1-16-10-7-14-8-11-17(12-9-14)13-15-5-3-2-4-6-15;/h2-6,14,16H,7-13H2,1H3;1H. The van der Waals surface area contributed by atoms with E-state index in [-0.39, 0.29) is 12.4 Å². The molecule has 2 rings (SSSR count). The highest BCUT2D eigenvalue weighted by atomic mass is 35.5. The second-order valence-corrected chi connectivity index (χ2v) is 5.10. The van der Waals surface area contributed by atoms with Gasteiger partial charge in [-0.2, -0.15) is 0 Å². The number of hydrogen-bond acceptors (Lipinski definition) is 2. The van der Waals surface area contributed by atoms with E-state index in [1.807, 2.05) is 7.05 Å². The van der Waals surface area contributed by atoms with E-state index in [9.17, 15) is 0 Å². The van der Waals surface area contributed by atoms with Crippen LogP contribution in [0.25, 0.3) is 0 Å². The zero-order valence-electron chi connectivity index (χ0n) is 11.3. The molecule has 0 amide bonds. The summed E-state index contributed by atoms with van der Waals surface area (Å²) in [6, 6.07) is 10.8. The van der Waals surface area contributed by atoms with Crippen LogP contribution in [0.3, 0.4) is 0 Å². The molecule has 1 aliphatic rings. The van der Waals surface area contributed by atoms with Crippen molar-refractivity contribution < 1.29 is 0 Å². The Morgan fingerprint density at radius 2 is 1.83 bits per heavy atom. The summed E-state index contributed by atoms with van der Waals surface area (Å²) < 4.78 is 0. The zero-order chi connectivity index (χ0) is 11.9. The van der Waals surface area contributed by atoms with E-state index in [0.717, 1.165) is 12.5 Å². The number of nitrogens with one attached hydrogen (secondary N) is 1. The van der Waals surface area contributed by atoms with Gasteiger partial charge in [-0.1, -0.05) is 30.3 Å². The topological polar surface area (TPSA) is 15.3 Å². The van der Waals surface area contributed by atoms with Gasteiger partial charge in [0.05, 0.1) is 0 Å². The number of nitrogens with zero attached hydrogens (tertiary/aromatic N) is 1. The van der Waals surface area contributed by atoms with Crippen molar-refractivity contribution in [3.05, 3.63) is 35.9 Å². The smallest absolute Gasteiger partial charge is 0.0233 e. The van der Waals surface area contributed by atoms with Gasteiger partial charge < -0.3 is 5.32 Å². The van der Waals surface area contributed by atoms with Crippen LogP contribution in [0.1, 0.15) is 24.8 Å². The second kappa shape index (κ2) is 8.52. The average molecular weight is 269 g/mol. The molecule has 1 aromatic rings. The van der Waals surface area contributed by atoms with Crippen LogP contribution in [0.5, 0.6) is 0 Å². The summed E-state index contributed by atoms with van der Waals surface area (Å²) in [4.78, 5) is 2.59. The molecule has 0 spiro atoms. The molecule has 1 N–H and O–H groups in total. The Kier molecular flexibility index (Phi) is 7.33. The lowest BCUT2D eigenvalue weighted by Crippen LogP contribution is -2.34. The molecule has 0 bridgehead atoms. The maximum Gasteiger partial charge on any atom is 0.0233 e. The van der Waals surface area contributed by atoms with Crippen LogP contribution in [-0.2, 0) is 6.54 Å². The van der Waals surface area contributed by atoms with Gasteiger partial charge in [-0.05, 0) is 57.4 Å². The number of rotatable bonds is 5. The highest BCUT2D eigenvalue weighted by Crippen LogP contribution is 2.21. The molecular weight excluding hydrogens is 244 g/mol. The zero-order valence-corrected chi connectivity index (χ0v) is 12.1. The Labute approximate surface area is 117 Å². The molecule has 0 aliphatic carbocycles. The van der Waals surface area contributed by atoms with Crippen molar-refractivity contribution in [1.29, 1.82) is 0 Å². The van der Waals surface area contributed by atoms with Gasteiger partial charge in [-0.15, -0.1) is 12.4 Å². The van der Waals surface area contributed by atoms with Crippen LogP contribution in [-0.4, -0.2) is 31.6 Å². The molecule has 1 aromatic carbocycles. The Hall–Kier alpha value is -0.570. The van der Waals surface area contributed by atoms with Crippen molar-refractivity contribution in [3.8, 4) is 0 Å². The minimum Gasteiger partial charge on any atom is -0.320 e. The number of halogens is 1. The minimum absolute atomic E-state index is 0. The number of piperidine rings is 1. The molecule has 0 saturated carbocycles. The van der Waals surface area contributed by atoms with Crippen LogP contribution in [0.15, 0.2) is 30.3 Å². The molecule has 102 valence electrons. The molecule has 0 atom stereocenters. The van der Waals surface area contributed by atoms with Crippen LogP contribution in [0.4, 0.5) is 0 Å². The third-order valence-corrected chi connectivity index (χ3v) is 3.76. The molecular formula is C15H25ClN2. The normalized spacial score (nSPS) is 17.4. The molecule has 1 fully saturated rings. The fourth-order valence-corrected chi connectivity index (χ4v) is 2.62. The molecule has 0 radical (unpaired) electrons. The molecule has 1 heterocycles. The summed E-state index contributed by atoms with van der Waals surface area (Å²) in [7, 11) is 2.05. The molecule has 1 saturated heterocycles. The van der Waals surface area contributed by atoms with Crippen LogP contribution in [0.2, 0.25) is 0 Å². The van der Waals surface area contributed by atoms with E-state index in [2.05, 4.69) is 40.5 Å². The maximum atomic E-state index is 3.25. The minimum atomic E-state index is 0. The van der Waals surface area contributed by atoms with Gasteiger partial charge in [0, 0.05) is 6.54 Å². The first-order valence-electron chi connectivity index (χ1n) is 6.79. The monoisotopic (exact) mass is 268 g/mol. The first-order chi connectivity index (χ1) is 8.38. The Morgan fingerprint density at radius 1 is 1.17 bits per heavy atom. The Morgan fingerprint density at radius 3 is 2.44 bits per heavy atom. The predicted octanol–water partition coefficient (Wildman–Crippen LogP) is 2.93. The van der Waals surface area contributed by atoms with E-state index < -0.39 is 0 Å². The fourth-order valence-electron chi connectivity index (χ4n) is 2.62. The number of hydrogen-bond donors (Lipinski definition) is 1. The van der Waals surface area contributed by atoms with E-state index in [4.69, 9.17) is 0 Å². The van der Waals surface area contributed by atoms with Crippen LogP contribution in [0, 0.1) is 5.92 Å². The maximum absolute atomic E-state index is 3.25. The van der Waals surface area contributed by atoms with E-state index >= 15 is 0 Å². The second-order valence-electron chi connectivity index (χ2n) is 5.10. The van der Waals surface area contributed by atoms with Gasteiger partial charge in [-0.3, -0.25) is 4.90 Å². The molecule has 18 heavy (non-hydrogen) atoms. The molecule has 2 nitrogen and oxygen atoms in total. The lowest BCUT2D eigenvalue weighted by molar-refractivity contribution is 0.172. The quantitative estimate of drug-likeness (QED) is 0.883. The van der Waals surface area contributed by atoms with E-state index in [1.165, 1.54) is 44.5 Å². The highest BCUT2D eigenvalue weighted by Gasteiger charge is 2.18. The summed E-state index contributed by atoms with van der Waals surface area (Å²) >= 11 is 0. The van der Waals surface area contributed by atoms with Crippen molar-refractivity contribution in [2.24, 2.45) is 5.92 Å². The van der Waals surface area contributed by atoms with Crippen LogP contribution < -0.4 is 5.32 Å². The number of likely N-dealkylation sites (tertiary alicyclic amines) is 1. The molecule has 0 unspecified atom stereocenters. The summed E-state index contributed by atoms with van der Waals surface area (Å²) in [6.07, 6.45) is 4.08. The first-order valence-corrected chi connectivity index (χ1v) is 6.79. The Balaban J connectivity index is 0.00000162. The van der Waals surface area contributed by atoms with Gasteiger partial charge in [-0.25, -0.2) is 0 Å². The van der Waals surface area contributed by atoms with Gasteiger partial charge in [0.25, 0.3) is 0 Å². The highest BCUT2D eigenvalue weighted by molar-refractivity contribution is 5.85. The molecule has 0 aromatic heterocycles. The molecule has 1 aliphatic heterocycles. The third-order valence-electron chi connectivity index (χ3n) is 3.76. The van der Waals surface area contributed by atoms with Gasteiger partial charge >= 0.3 is 0 Å². The lowest BCUT2D eigenvalue weighted by atomic mass is 9.93. The van der Waals surface area contributed by atoms with Crippen molar-refractivity contribution in [2.75, 3.05) is 26.7 Å². The van der Waals surface area contributed by atoms with Crippen LogP contribution >= 0.6 is 12.4 Å². The van der Waals surface area contributed by atoms with Gasteiger partial charge in [0.2, 0.25) is 0 Å². The van der Waals surface area contributed by atoms with Gasteiger partial charge in [0.1, 0.15) is 0 Å². The van der Waals surface area contributed by atoms with Crippen molar-refractivity contribution in [3.63, 3.8) is 0 Å². The fraction of sp³-hybridized carbons (Fsp3) is 0.600. The van der Waals surface area contributed by atoms with Gasteiger partial charge in [0.15, 0.2) is 0 Å². The van der Waals surface area contributed by atoms with Crippen molar-refractivity contribution >= 4 is 12.4 Å². The third kappa shape index (κ3) is 4.97. The number of benzene rings is 1. The first kappa shape index (κ1) is 15.5. The molecule has 3 heteroatoms. The summed E-state index contributed by atoms with van der Waals surface area (Å²) in [5.41, 5.74) is 1.45. The van der Waals surface area contributed by atoms with Crippen molar-refractivity contribution in [2.45, 2.75) is 25.8 Å². The summed E-state index contributed by atoms with van der Waals surface area (Å²) in [5.74, 6) is 0.939. The van der Waals surface area contributed by atoms with E-state index in [1.54, 1.807) is 0 Å². The lowest BCUT2D eigenvalue weighted by Gasteiger charge is -2.32. The van der Waals surface area contributed by atoms with E-state index in [0.29, 0.717) is 0 Å². The Bertz CT molecular complexity index is 308. The largest absolute Gasteiger partial charge is 0.320 e. The van der Waals surface area contributed by atoms with Crippen molar-refractivity contribution in [1.82, 2.24) is 10.2 Å². The SMILES string of the molecule is CNCCC1CCN(Cc2ccccc2)CC1.Cl. The average Bonchev–Trinajstić information content (AvgIpc) is 2.39. The predicted molar refractivity (Wildman–Crippen MR) is 80.2 cm³/mol. The summed E-state index contributed by atoms with van der Waals surface area (Å²) in [5, 5.41) is 3.25.